The first kappa shape index (κ1) is 19.0. The maximum Gasteiger partial charge on any atom is 0.234 e. The molecular formula is C20H22N4O2S. The molecule has 0 fully saturated rings. The first-order valence-corrected chi connectivity index (χ1v) is 9.57. The van der Waals surface area contributed by atoms with E-state index in [1.807, 2.05) is 74.0 Å². The van der Waals surface area contributed by atoms with Crippen LogP contribution in [-0.2, 0) is 18.4 Å². The molecule has 7 heteroatoms. The summed E-state index contributed by atoms with van der Waals surface area (Å²) >= 11 is 1.35. The second-order valence-corrected chi connectivity index (χ2v) is 7.16. The minimum absolute atomic E-state index is 0.0775. The molecule has 0 aliphatic carbocycles. The number of rotatable bonds is 7. The van der Waals surface area contributed by atoms with Gasteiger partial charge < -0.3 is 14.6 Å². The molecule has 0 unspecified atom stereocenters. The van der Waals surface area contributed by atoms with Crippen molar-refractivity contribution in [2.45, 2.75) is 25.6 Å². The summed E-state index contributed by atoms with van der Waals surface area (Å²) in [6, 6.07) is 15.6. The molecular weight excluding hydrogens is 360 g/mol. The van der Waals surface area contributed by atoms with Crippen molar-refractivity contribution in [2.24, 2.45) is 7.05 Å². The quantitative estimate of drug-likeness (QED) is 0.631. The fourth-order valence-electron chi connectivity index (χ4n) is 2.51. The van der Waals surface area contributed by atoms with Crippen molar-refractivity contribution in [3.8, 4) is 5.75 Å². The van der Waals surface area contributed by atoms with Crippen LogP contribution in [0.1, 0.15) is 17.0 Å². The standard InChI is InChI=1S/C20H22N4O2S/c1-14-7-6-9-16(11-14)21-19(25)13-27-20-23-22-18(24(20)3)12-26-17-10-5-4-8-15(17)2/h4-11H,12-13H2,1-3H3,(H,21,25). The lowest BCUT2D eigenvalue weighted by atomic mass is 10.2. The van der Waals surface area contributed by atoms with Crippen LogP contribution >= 0.6 is 11.8 Å². The zero-order chi connectivity index (χ0) is 19.2. The highest BCUT2D eigenvalue weighted by Crippen LogP contribution is 2.20. The number of carbonyl (C=O) groups excluding carboxylic acids is 1. The van der Waals surface area contributed by atoms with E-state index < -0.39 is 0 Å². The Morgan fingerprint density at radius 2 is 1.96 bits per heavy atom. The number of carbonyl (C=O) groups is 1. The molecule has 0 aliphatic heterocycles. The summed E-state index contributed by atoms with van der Waals surface area (Å²) in [7, 11) is 1.87. The molecule has 0 bridgehead atoms. The summed E-state index contributed by atoms with van der Waals surface area (Å²) in [6.45, 7) is 4.31. The number of anilines is 1. The Morgan fingerprint density at radius 1 is 1.15 bits per heavy atom. The van der Waals surface area contributed by atoms with Crippen LogP contribution in [0, 0.1) is 13.8 Å². The van der Waals surface area contributed by atoms with Gasteiger partial charge in [0.1, 0.15) is 12.4 Å². The van der Waals surface area contributed by atoms with Crippen molar-refractivity contribution >= 4 is 23.4 Å². The van der Waals surface area contributed by atoms with Crippen LogP contribution in [0.4, 0.5) is 5.69 Å². The molecule has 6 nitrogen and oxygen atoms in total. The molecule has 0 saturated carbocycles. The third kappa shape index (κ3) is 5.10. The van der Waals surface area contributed by atoms with Crippen molar-refractivity contribution in [2.75, 3.05) is 11.1 Å². The molecule has 0 saturated heterocycles. The number of ether oxygens (including phenoxy) is 1. The predicted octanol–water partition coefficient (Wildman–Crippen LogP) is 3.74. The van der Waals surface area contributed by atoms with Crippen LogP contribution in [0.5, 0.6) is 5.75 Å². The first-order valence-electron chi connectivity index (χ1n) is 8.59. The molecule has 0 atom stereocenters. The van der Waals surface area contributed by atoms with E-state index in [2.05, 4.69) is 15.5 Å². The van der Waals surface area contributed by atoms with E-state index in [9.17, 15) is 4.79 Å². The van der Waals surface area contributed by atoms with Gasteiger partial charge in [0.15, 0.2) is 11.0 Å². The number of nitrogens with zero attached hydrogens (tertiary/aromatic N) is 3. The molecule has 3 aromatic rings. The van der Waals surface area contributed by atoms with Gasteiger partial charge in [-0.05, 0) is 43.2 Å². The minimum atomic E-state index is -0.0775. The van der Waals surface area contributed by atoms with Crippen molar-refractivity contribution in [3.05, 3.63) is 65.5 Å². The van der Waals surface area contributed by atoms with Gasteiger partial charge in [-0.1, -0.05) is 42.1 Å². The second-order valence-electron chi connectivity index (χ2n) is 6.22. The number of aryl methyl sites for hydroxylation is 2. The number of nitrogens with one attached hydrogen (secondary N) is 1. The lowest BCUT2D eigenvalue weighted by molar-refractivity contribution is -0.113. The number of para-hydroxylation sites is 1. The molecule has 2 aromatic carbocycles. The highest BCUT2D eigenvalue weighted by atomic mass is 32.2. The van der Waals surface area contributed by atoms with E-state index in [0.717, 1.165) is 22.6 Å². The average Bonchev–Trinajstić information content (AvgIpc) is 2.99. The summed E-state index contributed by atoms with van der Waals surface area (Å²) in [5.74, 6) is 1.72. The number of benzene rings is 2. The van der Waals surface area contributed by atoms with Gasteiger partial charge >= 0.3 is 0 Å². The molecule has 1 heterocycles. The molecule has 1 N–H and O–H groups in total. The molecule has 3 rings (SSSR count). The number of hydrogen-bond donors (Lipinski definition) is 1. The number of aromatic nitrogens is 3. The molecule has 1 amide bonds. The Hall–Kier alpha value is -2.80. The largest absolute Gasteiger partial charge is 0.485 e. The SMILES string of the molecule is Cc1cccc(NC(=O)CSc2nnc(COc3ccccc3C)n2C)c1. The minimum Gasteiger partial charge on any atom is -0.485 e. The normalized spacial score (nSPS) is 10.6. The lowest BCUT2D eigenvalue weighted by Gasteiger charge is -2.09. The topological polar surface area (TPSA) is 69.0 Å². The number of hydrogen-bond acceptors (Lipinski definition) is 5. The maximum absolute atomic E-state index is 12.1. The summed E-state index contributed by atoms with van der Waals surface area (Å²) < 4.78 is 7.67. The lowest BCUT2D eigenvalue weighted by Crippen LogP contribution is -2.14. The second kappa shape index (κ2) is 8.73. The molecule has 0 radical (unpaired) electrons. The van der Waals surface area contributed by atoms with E-state index in [1.54, 1.807) is 0 Å². The Bertz CT molecular complexity index is 939. The smallest absolute Gasteiger partial charge is 0.234 e. The predicted molar refractivity (Wildman–Crippen MR) is 107 cm³/mol. The van der Waals surface area contributed by atoms with Crippen molar-refractivity contribution in [1.29, 1.82) is 0 Å². The fourth-order valence-corrected chi connectivity index (χ4v) is 3.24. The van der Waals surface area contributed by atoms with E-state index in [0.29, 0.717) is 17.6 Å². The van der Waals surface area contributed by atoms with Crippen LogP contribution in [0.25, 0.3) is 0 Å². The molecule has 140 valence electrons. The molecule has 0 spiro atoms. The van der Waals surface area contributed by atoms with Gasteiger partial charge in [0, 0.05) is 12.7 Å². The van der Waals surface area contributed by atoms with Gasteiger partial charge in [-0.15, -0.1) is 10.2 Å². The zero-order valence-electron chi connectivity index (χ0n) is 15.6. The van der Waals surface area contributed by atoms with Gasteiger partial charge in [0.2, 0.25) is 5.91 Å². The molecule has 1 aromatic heterocycles. The molecule has 27 heavy (non-hydrogen) atoms. The van der Waals surface area contributed by atoms with Crippen molar-refractivity contribution in [1.82, 2.24) is 14.8 Å². The van der Waals surface area contributed by atoms with Gasteiger partial charge in [0.05, 0.1) is 5.75 Å². The van der Waals surface area contributed by atoms with Gasteiger partial charge in [-0.2, -0.15) is 0 Å². The van der Waals surface area contributed by atoms with E-state index in [-0.39, 0.29) is 11.7 Å². The third-order valence-corrected chi connectivity index (χ3v) is 5.03. The van der Waals surface area contributed by atoms with Crippen LogP contribution in [0.3, 0.4) is 0 Å². The Kier molecular flexibility index (Phi) is 6.13. The van der Waals surface area contributed by atoms with Crippen molar-refractivity contribution in [3.63, 3.8) is 0 Å². The monoisotopic (exact) mass is 382 g/mol. The highest BCUT2D eigenvalue weighted by molar-refractivity contribution is 7.99. The van der Waals surface area contributed by atoms with Crippen LogP contribution in [0.2, 0.25) is 0 Å². The van der Waals surface area contributed by atoms with Crippen molar-refractivity contribution < 1.29 is 9.53 Å². The van der Waals surface area contributed by atoms with E-state index in [4.69, 9.17) is 4.74 Å². The van der Waals surface area contributed by atoms with E-state index >= 15 is 0 Å². The Morgan fingerprint density at radius 3 is 2.74 bits per heavy atom. The first-order chi connectivity index (χ1) is 13.0. The number of amides is 1. The third-order valence-electron chi connectivity index (χ3n) is 4.01. The fraction of sp³-hybridized carbons (Fsp3) is 0.250. The van der Waals surface area contributed by atoms with Gasteiger partial charge in [0.25, 0.3) is 0 Å². The van der Waals surface area contributed by atoms with Gasteiger partial charge in [-0.3, -0.25) is 4.79 Å². The van der Waals surface area contributed by atoms with Crippen LogP contribution < -0.4 is 10.1 Å². The summed E-state index contributed by atoms with van der Waals surface area (Å²) in [5.41, 5.74) is 2.97. The van der Waals surface area contributed by atoms with Gasteiger partial charge in [-0.25, -0.2) is 0 Å². The Labute approximate surface area is 163 Å². The van der Waals surface area contributed by atoms with Crippen LogP contribution in [-0.4, -0.2) is 26.4 Å². The Balaban J connectivity index is 1.54. The summed E-state index contributed by atoms with van der Waals surface area (Å²) in [5, 5.41) is 11.9. The summed E-state index contributed by atoms with van der Waals surface area (Å²) in [4.78, 5) is 12.1. The number of thioether (sulfide) groups is 1. The summed E-state index contributed by atoms with van der Waals surface area (Å²) in [6.07, 6.45) is 0. The average molecular weight is 382 g/mol. The van der Waals surface area contributed by atoms with E-state index in [1.165, 1.54) is 11.8 Å². The molecule has 0 aliphatic rings. The maximum atomic E-state index is 12.1. The highest BCUT2D eigenvalue weighted by Gasteiger charge is 2.12. The zero-order valence-corrected chi connectivity index (χ0v) is 16.4. The van der Waals surface area contributed by atoms with Crippen LogP contribution in [0.15, 0.2) is 53.7 Å².